The highest BCUT2D eigenvalue weighted by molar-refractivity contribution is 7.10. The van der Waals surface area contributed by atoms with Crippen LogP contribution in [0.3, 0.4) is 0 Å². The van der Waals surface area contributed by atoms with Crippen LogP contribution in [0.15, 0.2) is 35.0 Å². The van der Waals surface area contributed by atoms with Crippen LogP contribution in [-0.4, -0.2) is 22.0 Å². The molecule has 3 nitrogen and oxygen atoms in total. The van der Waals surface area contributed by atoms with Gasteiger partial charge in [-0.2, -0.15) is 0 Å². The number of rotatable bonds is 7. The van der Waals surface area contributed by atoms with Gasteiger partial charge < -0.3 is 5.11 Å². The van der Waals surface area contributed by atoms with Crippen molar-refractivity contribution in [2.75, 3.05) is 0 Å². The molecule has 2 heterocycles. The third-order valence-electron chi connectivity index (χ3n) is 3.53. The zero-order valence-corrected chi connectivity index (χ0v) is 13.2. The molecular formula is C16H17NO2S2. The lowest BCUT2D eigenvalue weighted by atomic mass is 10.2. The fourth-order valence-electron chi connectivity index (χ4n) is 2.33. The molecule has 110 valence electrons. The van der Waals surface area contributed by atoms with Crippen LogP contribution in [0, 0.1) is 0 Å². The zero-order chi connectivity index (χ0) is 14.7. The van der Waals surface area contributed by atoms with Gasteiger partial charge in [0.25, 0.3) is 0 Å². The summed E-state index contributed by atoms with van der Waals surface area (Å²) in [5, 5.41) is 12.9. The Labute approximate surface area is 132 Å². The number of hydrogen-bond acceptors (Lipinski definition) is 4. The number of hydrogen-bond donors (Lipinski definition) is 1. The van der Waals surface area contributed by atoms with E-state index in [0.717, 1.165) is 18.7 Å². The van der Waals surface area contributed by atoms with Gasteiger partial charge in [-0.3, -0.25) is 4.90 Å². The third-order valence-corrected chi connectivity index (χ3v) is 5.32. The van der Waals surface area contributed by atoms with E-state index >= 15 is 0 Å². The summed E-state index contributed by atoms with van der Waals surface area (Å²) in [4.78, 5) is 15.8. The van der Waals surface area contributed by atoms with E-state index in [9.17, 15) is 4.79 Å². The molecule has 1 aliphatic rings. The molecule has 21 heavy (non-hydrogen) atoms. The van der Waals surface area contributed by atoms with Crippen LogP contribution in [0.25, 0.3) is 6.08 Å². The average Bonchev–Trinajstić information content (AvgIpc) is 3.00. The maximum Gasteiger partial charge on any atom is 0.328 e. The molecule has 1 N–H and O–H groups in total. The molecule has 2 aromatic heterocycles. The van der Waals surface area contributed by atoms with Gasteiger partial charge in [-0.25, -0.2) is 4.79 Å². The second kappa shape index (κ2) is 6.56. The molecule has 0 aromatic carbocycles. The minimum Gasteiger partial charge on any atom is -0.478 e. The number of nitrogens with zero attached hydrogens (tertiary/aromatic N) is 1. The molecule has 0 atom stereocenters. The monoisotopic (exact) mass is 319 g/mol. The normalized spacial score (nSPS) is 15.1. The van der Waals surface area contributed by atoms with E-state index in [-0.39, 0.29) is 0 Å². The van der Waals surface area contributed by atoms with E-state index in [4.69, 9.17) is 5.11 Å². The van der Waals surface area contributed by atoms with Gasteiger partial charge in [0.1, 0.15) is 0 Å². The van der Waals surface area contributed by atoms with E-state index in [2.05, 4.69) is 22.4 Å². The number of aliphatic carboxylic acids is 1. The molecule has 5 heteroatoms. The van der Waals surface area contributed by atoms with Crippen LogP contribution in [0.2, 0.25) is 0 Å². The molecule has 0 radical (unpaired) electrons. The second-order valence-electron chi connectivity index (χ2n) is 5.19. The van der Waals surface area contributed by atoms with Gasteiger partial charge in [0, 0.05) is 35.0 Å². The van der Waals surface area contributed by atoms with E-state index < -0.39 is 5.97 Å². The predicted octanol–water partition coefficient (Wildman–Crippen LogP) is 4.07. The number of thiophene rings is 2. The quantitative estimate of drug-likeness (QED) is 0.782. The lowest BCUT2D eigenvalue weighted by Gasteiger charge is -2.21. The van der Waals surface area contributed by atoms with Crippen molar-refractivity contribution in [3.05, 3.63) is 50.4 Å². The first kappa shape index (κ1) is 14.5. The van der Waals surface area contributed by atoms with Crippen molar-refractivity contribution in [3.8, 4) is 0 Å². The number of carboxylic acids is 1. The summed E-state index contributed by atoms with van der Waals surface area (Å²) in [5.74, 6) is -0.898. The molecule has 0 saturated heterocycles. The summed E-state index contributed by atoms with van der Waals surface area (Å²) in [5.41, 5.74) is 1.03. The van der Waals surface area contributed by atoms with E-state index in [1.165, 1.54) is 28.7 Å². The Kier molecular flexibility index (Phi) is 4.53. The van der Waals surface area contributed by atoms with Crippen molar-refractivity contribution in [1.82, 2.24) is 4.90 Å². The van der Waals surface area contributed by atoms with Gasteiger partial charge in [-0.1, -0.05) is 6.07 Å². The fourth-order valence-corrected chi connectivity index (χ4v) is 3.95. The Morgan fingerprint density at radius 1 is 1.29 bits per heavy atom. The SMILES string of the molecule is O=C(O)C=Cc1ccsc1CN(Cc1cccs1)C1CC1. The molecule has 2 aromatic rings. The Morgan fingerprint density at radius 3 is 2.81 bits per heavy atom. The molecule has 0 bridgehead atoms. The van der Waals surface area contributed by atoms with Gasteiger partial charge in [-0.05, 0) is 47.4 Å². The van der Waals surface area contributed by atoms with E-state index in [0.29, 0.717) is 6.04 Å². The highest BCUT2D eigenvalue weighted by atomic mass is 32.1. The molecule has 0 aliphatic heterocycles. The lowest BCUT2D eigenvalue weighted by Crippen LogP contribution is -2.24. The molecule has 3 rings (SSSR count). The minimum atomic E-state index is -0.898. The Hall–Kier alpha value is -1.43. The summed E-state index contributed by atoms with van der Waals surface area (Å²) in [7, 11) is 0. The Balaban J connectivity index is 1.71. The van der Waals surface area contributed by atoms with Gasteiger partial charge in [-0.15, -0.1) is 22.7 Å². The van der Waals surface area contributed by atoms with Gasteiger partial charge in [0.2, 0.25) is 0 Å². The van der Waals surface area contributed by atoms with Crippen LogP contribution >= 0.6 is 22.7 Å². The van der Waals surface area contributed by atoms with Crippen molar-refractivity contribution in [3.63, 3.8) is 0 Å². The first-order valence-corrected chi connectivity index (χ1v) is 8.72. The van der Waals surface area contributed by atoms with Gasteiger partial charge in [0.15, 0.2) is 0 Å². The highest BCUT2D eigenvalue weighted by Gasteiger charge is 2.29. The first-order valence-electron chi connectivity index (χ1n) is 6.96. The second-order valence-corrected chi connectivity index (χ2v) is 7.22. The summed E-state index contributed by atoms with van der Waals surface area (Å²) in [6.07, 6.45) is 5.46. The van der Waals surface area contributed by atoms with Crippen LogP contribution in [0.5, 0.6) is 0 Å². The maximum absolute atomic E-state index is 10.7. The predicted molar refractivity (Wildman–Crippen MR) is 87.6 cm³/mol. The largest absolute Gasteiger partial charge is 0.478 e. The van der Waals surface area contributed by atoms with E-state index in [1.807, 2.05) is 11.4 Å². The van der Waals surface area contributed by atoms with Crippen molar-refractivity contribution in [2.24, 2.45) is 0 Å². The van der Waals surface area contributed by atoms with Crippen molar-refractivity contribution < 1.29 is 9.90 Å². The average molecular weight is 319 g/mol. The van der Waals surface area contributed by atoms with Crippen LogP contribution in [0.1, 0.15) is 28.2 Å². The molecule has 0 amide bonds. The van der Waals surface area contributed by atoms with Crippen molar-refractivity contribution in [1.29, 1.82) is 0 Å². The number of carboxylic acid groups (broad SMARTS) is 1. The van der Waals surface area contributed by atoms with Gasteiger partial charge in [0.05, 0.1) is 0 Å². The standard InChI is InChI=1S/C16H17NO2S2/c18-16(19)6-3-12-7-9-21-15(12)11-17(13-4-5-13)10-14-2-1-8-20-14/h1-3,6-9,13H,4-5,10-11H2,(H,18,19). The Morgan fingerprint density at radius 2 is 2.14 bits per heavy atom. The van der Waals surface area contributed by atoms with Crippen molar-refractivity contribution >= 4 is 34.7 Å². The number of carbonyl (C=O) groups is 1. The van der Waals surface area contributed by atoms with E-state index in [1.54, 1.807) is 28.7 Å². The van der Waals surface area contributed by atoms with Crippen LogP contribution < -0.4 is 0 Å². The smallest absolute Gasteiger partial charge is 0.328 e. The Bertz CT molecular complexity index is 627. The van der Waals surface area contributed by atoms with Crippen LogP contribution in [-0.2, 0) is 17.9 Å². The lowest BCUT2D eigenvalue weighted by molar-refractivity contribution is -0.131. The third kappa shape index (κ3) is 4.03. The van der Waals surface area contributed by atoms with Gasteiger partial charge >= 0.3 is 5.97 Å². The summed E-state index contributed by atoms with van der Waals surface area (Å²) in [6.45, 7) is 1.89. The molecule has 0 spiro atoms. The van der Waals surface area contributed by atoms with Crippen molar-refractivity contribution in [2.45, 2.75) is 32.0 Å². The molecule has 1 aliphatic carbocycles. The minimum absolute atomic E-state index is 0.686. The molecular weight excluding hydrogens is 302 g/mol. The molecule has 1 fully saturated rings. The van der Waals surface area contributed by atoms with Crippen LogP contribution in [0.4, 0.5) is 0 Å². The fraction of sp³-hybridized carbons (Fsp3) is 0.312. The maximum atomic E-state index is 10.7. The molecule has 0 unspecified atom stereocenters. The summed E-state index contributed by atoms with van der Waals surface area (Å²) >= 11 is 3.50. The zero-order valence-electron chi connectivity index (χ0n) is 11.6. The first-order chi connectivity index (χ1) is 10.2. The summed E-state index contributed by atoms with van der Waals surface area (Å²) in [6, 6.07) is 6.96. The highest BCUT2D eigenvalue weighted by Crippen LogP contribution is 2.32. The topological polar surface area (TPSA) is 40.5 Å². The summed E-state index contributed by atoms with van der Waals surface area (Å²) < 4.78 is 0. The molecule has 1 saturated carbocycles.